The number of hydrogen-bond acceptors (Lipinski definition) is 5. The molecule has 1 saturated heterocycles. The van der Waals surface area contributed by atoms with Gasteiger partial charge in [-0.2, -0.15) is 0 Å². The van der Waals surface area contributed by atoms with Crippen LogP contribution in [-0.2, 0) is 16.0 Å². The molecule has 0 saturated carbocycles. The van der Waals surface area contributed by atoms with Crippen molar-refractivity contribution >= 4 is 17.8 Å². The van der Waals surface area contributed by atoms with Gasteiger partial charge in [-0.05, 0) is 61.2 Å². The summed E-state index contributed by atoms with van der Waals surface area (Å²) in [7, 11) is 1.55. The van der Waals surface area contributed by atoms with Gasteiger partial charge in [0.25, 0.3) is 5.91 Å². The summed E-state index contributed by atoms with van der Waals surface area (Å²) in [5.74, 6) is 1.19. The second-order valence-electron chi connectivity index (χ2n) is 8.38. The molecule has 3 N–H and O–H groups in total. The predicted molar refractivity (Wildman–Crippen MR) is 135 cm³/mol. The number of terminal acetylenes is 2. The molecule has 0 radical (unpaired) electrons. The normalized spacial score (nSPS) is 17.1. The summed E-state index contributed by atoms with van der Waals surface area (Å²) < 4.78 is 10.9. The van der Waals surface area contributed by atoms with E-state index < -0.39 is 23.2 Å². The van der Waals surface area contributed by atoms with E-state index in [1.165, 1.54) is 0 Å². The second kappa shape index (κ2) is 12.9. The molecule has 0 aromatic heterocycles. The molecule has 36 heavy (non-hydrogen) atoms. The number of carbonyl (C=O) groups excluding carboxylic acids is 2. The third kappa shape index (κ3) is 6.80. The highest BCUT2D eigenvalue weighted by Gasteiger charge is 2.47. The lowest BCUT2D eigenvalue weighted by atomic mass is 9.88. The molecule has 8 nitrogen and oxygen atoms in total. The van der Waals surface area contributed by atoms with E-state index in [2.05, 4.69) is 18.8 Å². The van der Waals surface area contributed by atoms with Gasteiger partial charge in [0.05, 0.1) is 13.0 Å². The number of aliphatic carboxylic acids is 1. The zero-order valence-electron chi connectivity index (χ0n) is 20.2. The van der Waals surface area contributed by atoms with Crippen molar-refractivity contribution in [2.24, 2.45) is 17.1 Å². The van der Waals surface area contributed by atoms with Gasteiger partial charge in [-0.25, -0.2) is 0 Å². The van der Waals surface area contributed by atoms with Crippen molar-refractivity contribution in [1.82, 2.24) is 4.90 Å². The van der Waals surface area contributed by atoms with Crippen molar-refractivity contribution in [3.8, 4) is 36.7 Å². The van der Waals surface area contributed by atoms with Gasteiger partial charge >= 0.3 is 5.97 Å². The Labute approximate surface area is 211 Å². The van der Waals surface area contributed by atoms with Gasteiger partial charge in [0.15, 0.2) is 0 Å². The number of methoxy groups -OCH3 is 1. The molecular formula is C28H30N2O6. The Hall–Kier alpha value is -4.43. The number of aryl methyl sites for hydroxylation is 1. The number of benzene rings is 2. The highest BCUT2D eigenvalue weighted by molar-refractivity contribution is 5.95. The van der Waals surface area contributed by atoms with Crippen LogP contribution in [0.4, 0.5) is 0 Å². The molecule has 2 aromatic rings. The average molecular weight is 491 g/mol. The third-order valence-electron chi connectivity index (χ3n) is 6.14. The van der Waals surface area contributed by atoms with Crippen molar-refractivity contribution in [2.45, 2.75) is 19.3 Å². The Bertz CT molecular complexity index is 1120. The number of carboxylic acids is 1. The molecule has 188 valence electrons. The van der Waals surface area contributed by atoms with E-state index in [0.29, 0.717) is 42.9 Å². The van der Waals surface area contributed by atoms with E-state index in [1.807, 2.05) is 12.1 Å². The molecule has 1 aliphatic rings. The molecule has 3 rings (SSSR count). The van der Waals surface area contributed by atoms with E-state index >= 15 is 0 Å². The Balaban J connectivity index is 0.00000222. The van der Waals surface area contributed by atoms with Crippen molar-refractivity contribution in [1.29, 1.82) is 0 Å². The molecule has 0 spiro atoms. The number of hydrogen-bond donors (Lipinski definition) is 2. The Morgan fingerprint density at radius 1 is 1.11 bits per heavy atom. The van der Waals surface area contributed by atoms with E-state index in [-0.39, 0.29) is 19.1 Å². The van der Waals surface area contributed by atoms with Crippen LogP contribution in [0.1, 0.15) is 28.8 Å². The summed E-state index contributed by atoms with van der Waals surface area (Å²) in [6.45, 7) is 0.330. The highest BCUT2D eigenvalue weighted by Crippen LogP contribution is 2.33. The summed E-state index contributed by atoms with van der Waals surface area (Å²) in [4.78, 5) is 37.8. The summed E-state index contributed by atoms with van der Waals surface area (Å²) in [5.41, 5.74) is 5.51. The highest BCUT2D eigenvalue weighted by atomic mass is 16.5. The zero-order valence-corrected chi connectivity index (χ0v) is 20.2. The monoisotopic (exact) mass is 490 g/mol. The van der Waals surface area contributed by atoms with Crippen LogP contribution in [0, 0.1) is 36.5 Å². The largest absolute Gasteiger partial charge is 0.497 e. The maximum atomic E-state index is 12.9. The van der Waals surface area contributed by atoms with Crippen LogP contribution in [0.2, 0.25) is 0 Å². The molecule has 0 bridgehead atoms. The number of likely N-dealkylation sites (tertiary alicyclic amines) is 1. The molecule has 0 aliphatic carbocycles. The Morgan fingerprint density at radius 2 is 1.72 bits per heavy atom. The van der Waals surface area contributed by atoms with Crippen LogP contribution >= 0.6 is 0 Å². The lowest BCUT2D eigenvalue weighted by molar-refractivity contribution is -0.149. The fraction of sp³-hybridized carbons (Fsp3) is 0.321. The lowest BCUT2D eigenvalue weighted by Gasteiger charge is -2.25. The van der Waals surface area contributed by atoms with Crippen LogP contribution < -0.4 is 15.2 Å². The molecule has 2 unspecified atom stereocenters. The average Bonchev–Trinajstić information content (AvgIpc) is 3.35. The predicted octanol–water partition coefficient (Wildman–Crippen LogP) is 2.61. The Morgan fingerprint density at radius 3 is 2.25 bits per heavy atom. The van der Waals surface area contributed by atoms with E-state index in [1.54, 1.807) is 48.4 Å². The van der Waals surface area contributed by atoms with Crippen LogP contribution in [0.3, 0.4) is 0 Å². The van der Waals surface area contributed by atoms with Crippen molar-refractivity contribution < 1.29 is 29.0 Å². The quantitative estimate of drug-likeness (QED) is 0.494. The standard InChI is InChI=1S/C26H28N2O6.C2H2/c1-3-19(23(27)29)7-4-18-5-10-22(11-6-18)34-17-26(25(31)32)14-15-28(16-26)24(30)20-8-12-21(33-2)13-9-20;1-2/h1,5-6,8-13,19H,4,7,14-17H2,2H3,(H2,27,29)(H,31,32);1-2H. The number of carboxylic acid groups (broad SMARTS) is 1. The number of primary amides is 1. The molecule has 2 amide bonds. The van der Waals surface area contributed by atoms with Gasteiger partial charge in [0.2, 0.25) is 5.91 Å². The first-order valence-electron chi connectivity index (χ1n) is 11.3. The first-order valence-corrected chi connectivity index (χ1v) is 11.3. The van der Waals surface area contributed by atoms with Gasteiger partial charge in [-0.15, -0.1) is 19.3 Å². The first kappa shape index (κ1) is 27.8. The number of rotatable bonds is 10. The fourth-order valence-electron chi connectivity index (χ4n) is 3.91. The van der Waals surface area contributed by atoms with Crippen molar-refractivity contribution in [2.75, 3.05) is 26.8 Å². The minimum Gasteiger partial charge on any atom is -0.497 e. The van der Waals surface area contributed by atoms with Gasteiger partial charge in [-0.1, -0.05) is 18.1 Å². The van der Waals surface area contributed by atoms with E-state index in [4.69, 9.17) is 21.6 Å². The number of amides is 2. The van der Waals surface area contributed by atoms with Crippen molar-refractivity contribution in [3.63, 3.8) is 0 Å². The van der Waals surface area contributed by atoms with Crippen LogP contribution in [-0.4, -0.2) is 54.6 Å². The summed E-state index contributed by atoms with van der Waals surface area (Å²) >= 11 is 0. The summed E-state index contributed by atoms with van der Waals surface area (Å²) in [5, 5.41) is 9.93. The number of nitrogens with zero attached hydrogens (tertiary/aromatic N) is 1. The topological polar surface area (TPSA) is 119 Å². The van der Waals surface area contributed by atoms with Gasteiger partial charge in [0, 0.05) is 18.7 Å². The molecule has 1 aliphatic heterocycles. The van der Waals surface area contributed by atoms with Crippen LogP contribution in [0.25, 0.3) is 0 Å². The van der Waals surface area contributed by atoms with E-state index in [0.717, 1.165) is 5.56 Å². The molecule has 2 atom stereocenters. The van der Waals surface area contributed by atoms with Crippen LogP contribution in [0.15, 0.2) is 48.5 Å². The molecular weight excluding hydrogens is 460 g/mol. The molecule has 1 fully saturated rings. The Kier molecular flexibility index (Phi) is 9.94. The molecule has 8 heteroatoms. The minimum atomic E-state index is -1.19. The molecule has 1 heterocycles. The molecule has 2 aromatic carbocycles. The van der Waals surface area contributed by atoms with Gasteiger partial charge in [-0.3, -0.25) is 14.4 Å². The smallest absolute Gasteiger partial charge is 0.315 e. The summed E-state index contributed by atoms with van der Waals surface area (Å²) in [6.07, 6.45) is 14.7. The van der Waals surface area contributed by atoms with Gasteiger partial charge < -0.3 is 25.2 Å². The first-order chi connectivity index (χ1) is 17.3. The minimum absolute atomic E-state index is 0.0606. The van der Waals surface area contributed by atoms with Crippen LogP contribution in [0.5, 0.6) is 11.5 Å². The number of ether oxygens (including phenoxy) is 2. The maximum Gasteiger partial charge on any atom is 0.315 e. The maximum absolute atomic E-state index is 12.9. The number of carbonyl (C=O) groups is 3. The van der Waals surface area contributed by atoms with E-state index in [9.17, 15) is 19.5 Å². The fourth-order valence-corrected chi connectivity index (χ4v) is 3.91. The zero-order chi connectivity index (χ0) is 26.7. The van der Waals surface area contributed by atoms with Gasteiger partial charge in [0.1, 0.15) is 23.5 Å². The second-order valence-corrected chi connectivity index (χ2v) is 8.38. The lowest BCUT2D eigenvalue weighted by Crippen LogP contribution is -2.41. The third-order valence-corrected chi connectivity index (χ3v) is 6.14. The summed E-state index contributed by atoms with van der Waals surface area (Å²) in [6, 6.07) is 13.9. The number of nitrogens with two attached hydrogens (primary N) is 1. The van der Waals surface area contributed by atoms with Crippen molar-refractivity contribution in [3.05, 3.63) is 59.7 Å². The SMILES string of the molecule is C#C.C#CC(CCc1ccc(OCC2(C(=O)O)CCN(C(=O)c3ccc(OC)cc3)C2)cc1)C(N)=O.